The third-order valence-electron chi connectivity index (χ3n) is 7.82. The van der Waals surface area contributed by atoms with E-state index in [1.165, 1.54) is 70.6 Å². The molecule has 3 rings (SSSR count). The van der Waals surface area contributed by atoms with Crippen molar-refractivity contribution >= 4 is 5.97 Å². The van der Waals surface area contributed by atoms with Gasteiger partial charge in [-0.05, 0) is 81.0 Å². The lowest BCUT2D eigenvalue weighted by molar-refractivity contribution is -0.153. The first-order valence-corrected chi connectivity index (χ1v) is 11.9. The molecule has 0 bridgehead atoms. The summed E-state index contributed by atoms with van der Waals surface area (Å²) in [5.74, 6) is 4.85. The van der Waals surface area contributed by atoms with E-state index in [1.54, 1.807) is 0 Å². The van der Waals surface area contributed by atoms with Gasteiger partial charge in [-0.25, -0.2) is 0 Å². The highest BCUT2D eigenvalue weighted by Crippen LogP contribution is 2.53. The van der Waals surface area contributed by atoms with Crippen LogP contribution in [-0.4, -0.2) is 12.1 Å². The maximum absolute atomic E-state index is 11.8. The molecule has 2 heteroatoms. The number of hydrogen-bond donors (Lipinski definition) is 0. The Bertz CT molecular complexity index is 432. The lowest BCUT2D eigenvalue weighted by Gasteiger charge is -2.50. The fraction of sp³-hybridized carbons (Fsp3) is 0.958. The Balaban J connectivity index is 1.44. The molecule has 0 amide bonds. The number of unbranched alkanes of at least 4 members (excludes halogenated alkanes) is 3. The number of esters is 1. The Kier molecular flexibility index (Phi) is 7.88. The zero-order valence-corrected chi connectivity index (χ0v) is 17.4. The lowest BCUT2D eigenvalue weighted by atomic mass is 9.56. The summed E-state index contributed by atoms with van der Waals surface area (Å²) in [5.41, 5.74) is 0. The highest BCUT2D eigenvalue weighted by Gasteiger charge is 2.44. The summed E-state index contributed by atoms with van der Waals surface area (Å²) in [6.07, 6.45) is 19.9. The molecule has 0 saturated heterocycles. The summed E-state index contributed by atoms with van der Waals surface area (Å²) in [6.45, 7) is 4.36. The second-order valence-electron chi connectivity index (χ2n) is 9.63. The van der Waals surface area contributed by atoms with Crippen molar-refractivity contribution in [1.82, 2.24) is 0 Å². The molecule has 0 aromatic heterocycles. The standard InChI is InChI=1S/C24H42O2/c1-3-5-6-7-9-18-10-14-22-19(16-18)11-12-20-17-21(13-15-23(20)22)26-24(25)8-4-2/h18-23H,3-17H2,1-2H3/t18-,19?,20?,21-,22?,23?/m1/s1. The van der Waals surface area contributed by atoms with Crippen molar-refractivity contribution in [2.45, 2.75) is 116 Å². The minimum atomic E-state index is 0.0354. The zero-order chi connectivity index (χ0) is 18.4. The van der Waals surface area contributed by atoms with E-state index >= 15 is 0 Å². The number of hydrogen-bond acceptors (Lipinski definition) is 2. The Labute approximate surface area is 161 Å². The maximum Gasteiger partial charge on any atom is 0.306 e. The molecule has 0 aromatic rings. The van der Waals surface area contributed by atoms with Gasteiger partial charge in [0.05, 0.1) is 0 Å². The highest BCUT2D eigenvalue weighted by molar-refractivity contribution is 5.69. The molecule has 0 aliphatic heterocycles. The normalized spacial score (nSPS) is 36.8. The monoisotopic (exact) mass is 362 g/mol. The van der Waals surface area contributed by atoms with Crippen LogP contribution in [0.4, 0.5) is 0 Å². The van der Waals surface area contributed by atoms with Gasteiger partial charge in [-0.1, -0.05) is 52.4 Å². The van der Waals surface area contributed by atoms with Crippen LogP contribution in [0.3, 0.4) is 0 Å². The minimum absolute atomic E-state index is 0.0354. The van der Waals surface area contributed by atoms with E-state index in [0.29, 0.717) is 6.42 Å². The van der Waals surface area contributed by atoms with Gasteiger partial charge >= 0.3 is 5.97 Å². The maximum atomic E-state index is 11.8. The van der Waals surface area contributed by atoms with E-state index in [1.807, 2.05) is 0 Å². The molecule has 2 nitrogen and oxygen atoms in total. The molecular weight excluding hydrogens is 320 g/mol. The lowest BCUT2D eigenvalue weighted by Crippen LogP contribution is -2.43. The number of fused-ring (bicyclic) bond motifs is 3. The van der Waals surface area contributed by atoms with Gasteiger partial charge in [0.1, 0.15) is 6.10 Å². The molecule has 3 fully saturated rings. The number of ether oxygens (including phenoxy) is 1. The van der Waals surface area contributed by atoms with Gasteiger partial charge in [-0.2, -0.15) is 0 Å². The molecule has 0 N–H and O–H groups in total. The van der Waals surface area contributed by atoms with E-state index in [-0.39, 0.29) is 12.1 Å². The van der Waals surface area contributed by atoms with Crippen molar-refractivity contribution in [3.05, 3.63) is 0 Å². The summed E-state index contributed by atoms with van der Waals surface area (Å²) in [6, 6.07) is 0. The smallest absolute Gasteiger partial charge is 0.306 e. The third-order valence-corrected chi connectivity index (χ3v) is 7.82. The molecule has 4 unspecified atom stereocenters. The van der Waals surface area contributed by atoms with E-state index in [4.69, 9.17) is 4.74 Å². The van der Waals surface area contributed by atoms with Crippen LogP contribution in [0.25, 0.3) is 0 Å². The molecule has 3 aliphatic carbocycles. The topological polar surface area (TPSA) is 26.3 Å². The molecule has 0 spiro atoms. The van der Waals surface area contributed by atoms with Crippen LogP contribution in [0.15, 0.2) is 0 Å². The van der Waals surface area contributed by atoms with Gasteiger partial charge in [0.15, 0.2) is 0 Å². The molecule has 0 heterocycles. The molecule has 150 valence electrons. The van der Waals surface area contributed by atoms with E-state index in [2.05, 4.69) is 13.8 Å². The summed E-state index contributed by atoms with van der Waals surface area (Å²) in [5, 5.41) is 0. The SMILES string of the molecule is CCCCCC[C@@H]1CCC2C(CCC3C[C@H](OC(=O)CCC)CCC32)C1. The predicted octanol–water partition coefficient (Wildman–Crippen LogP) is 6.91. The molecule has 6 atom stereocenters. The number of carbonyl (C=O) groups excluding carboxylic acids is 1. The van der Waals surface area contributed by atoms with Crippen molar-refractivity contribution in [3.63, 3.8) is 0 Å². The first-order chi connectivity index (χ1) is 12.7. The number of rotatable bonds is 8. The Morgan fingerprint density at radius 3 is 2.27 bits per heavy atom. The molecule has 3 aliphatic rings. The van der Waals surface area contributed by atoms with Crippen LogP contribution in [-0.2, 0) is 9.53 Å². The quantitative estimate of drug-likeness (QED) is 0.346. The Morgan fingerprint density at radius 2 is 1.54 bits per heavy atom. The molecule has 0 aromatic carbocycles. The van der Waals surface area contributed by atoms with Gasteiger partial charge in [0, 0.05) is 6.42 Å². The minimum Gasteiger partial charge on any atom is -0.462 e. The van der Waals surface area contributed by atoms with Gasteiger partial charge in [0.2, 0.25) is 0 Å². The van der Waals surface area contributed by atoms with Crippen molar-refractivity contribution in [3.8, 4) is 0 Å². The van der Waals surface area contributed by atoms with Crippen LogP contribution in [0, 0.1) is 29.6 Å². The third kappa shape index (κ3) is 5.26. The zero-order valence-electron chi connectivity index (χ0n) is 17.4. The van der Waals surface area contributed by atoms with Crippen molar-refractivity contribution in [2.24, 2.45) is 29.6 Å². The van der Waals surface area contributed by atoms with Gasteiger partial charge in [0.25, 0.3) is 0 Å². The second kappa shape index (κ2) is 10.1. The largest absolute Gasteiger partial charge is 0.462 e. The second-order valence-corrected chi connectivity index (χ2v) is 9.63. The molecule has 0 radical (unpaired) electrons. The Hall–Kier alpha value is -0.530. The van der Waals surface area contributed by atoms with Crippen LogP contribution < -0.4 is 0 Å². The van der Waals surface area contributed by atoms with Crippen LogP contribution >= 0.6 is 0 Å². The van der Waals surface area contributed by atoms with Crippen LogP contribution in [0.1, 0.15) is 110 Å². The molecule has 26 heavy (non-hydrogen) atoms. The van der Waals surface area contributed by atoms with E-state index in [9.17, 15) is 4.79 Å². The predicted molar refractivity (Wildman–Crippen MR) is 108 cm³/mol. The number of carbonyl (C=O) groups is 1. The van der Waals surface area contributed by atoms with Crippen molar-refractivity contribution < 1.29 is 9.53 Å². The first-order valence-electron chi connectivity index (χ1n) is 11.9. The van der Waals surface area contributed by atoms with Crippen LogP contribution in [0.2, 0.25) is 0 Å². The summed E-state index contributed by atoms with van der Waals surface area (Å²) >= 11 is 0. The van der Waals surface area contributed by atoms with Crippen molar-refractivity contribution in [1.29, 1.82) is 0 Å². The van der Waals surface area contributed by atoms with Crippen LogP contribution in [0.5, 0.6) is 0 Å². The fourth-order valence-electron chi connectivity index (χ4n) is 6.53. The van der Waals surface area contributed by atoms with Gasteiger partial charge in [-0.15, -0.1) is 0 Å². The fourth-order valence-corrected chi connectivity index (χ4v) is 6.53. The summed E-state index contributed by atoms with van der Waals surface area (Å²) in [7, 11) is 0. The Morgan fingerprint density at radius 1 is 0.808 bits per heavy atom. The summed E-state index contributed by atoms with van der Waals surface area (Å²) in [4.78, 5) is 11.8. The molecular formula is C24H42O2. The first kappa shape index (κ1) is 20.2. The average Bonchev–Trinajstić information content (AvgIpc) is 2.65. The van der Waals surface area contributed by atoms with Gasteiger partial charge in [-0.3, -0.25) is 4.79 Å². The highest BCUT2D eigenvalue weighted by atomic mass is 16.5. The van der Waals surface area contributed by atoms with E-state index in [0.717, 1.165) is 48.9 Å². The van der Waals surface area contributed by atoms with Gasteiger partial charge < -0.3 is 4.74 Å². The van der Waals surface area contributed by atoms with E-state index < -0.39 is 0 Å². The van der Waals surface area contributed by atoms with Crippen molar-refractivity contribution in [2.75, 3.05) is 0 Å². The summed E-state index contributed by atoms with van der Waals surface area (Å²) < 4.78 is 5.76. The average molecular weight is 363 g/mol. The molecule has 3 saturated carbocycles.